The Hall–Kier alpha value is -4.47. The van der Waals surface area contributed by atoms with Crippen LogP contribution < -0.4 is 4.74 Å². The van der Waals surface area contributed by atoms with Gasteiger partial charge >= 0.3 is 0 Å². The van der Waals surface area contributed by atoms with E-state index in [1.165, 1.54) is 30.2 Å². The Balaban J connectivity index is 1.76. The van der Waals surface area contributed by atoms with Crippen molar-refractivity contribution in [2.24, 2.45) is 0 Å². The summed E-state index contributed by atoms with van der Waals surface area (Å²) in [6.07, 6.45) is 5.59. The summed E-state index contributed by atoms with van der Waals surface area (Å²) in [7, 11) is 1.51. The number of aliphatic hydroxyl groups excluding tert-OH is 1. The summed E-state index contributed by atoms with van der Waals surface area (Å²) in [5.41, 5.74) is 0.406. The Morgan fingerprint density at radius 3 is 2.59 bits per heavy atom. The molecule has 0 saturated carbocycles. The molecule has 1 N–H and O–H groups in total. The van der Waals surface area contributed by atoms with E-state index < -0.39 is 22.7 Å². The van der Waals surface area contributed by atoms with Gasteiger partial charge in [0.05, 0.1) is 30.0 Å². The molecule has 10 heteroatoms. The lowest BCUT2D eigenvalue weighted by Gasteiger charge is -2.25. The predicted molar refractivity (Wildman–Crippen MR) is 122 cm³/mol. The standard InChI is InChI=1S/C24H22N4O6/c1-34-19-8-6-16(7-9-19)22(29)20-21(17-4-2-5-18(14-17)28(32)33)27(24(31)23(20)30)12-3-11-26-13-10-25-15-26/h2,4-10,13-15,21,29H,3,11-12H2,1H3. The number of non-ortho nitro benzene ring substituents is 1. The fraction of sp³-hybridized carbons (Fsp3) is 0.208. The van der Waals surface area contributed by atoms with Crippen LogP contribution in [-0.4, -0.2) is 49.8 Å². The number of benzene rings is 2. The van der Waals surface area contributed by atoms with Crippen LogP contribution in [0.15, 0.2) is 72.8 Å². The van der Waals surface area contributed by atoms with Crippen molar-refractivity contribution in [3.8, 4) is 5.75 Å². The highest BCUT2D eigenvalue weighted by Gasteiger charge is 2.46. The van der Waals surface area contributed by atoms with E-state index in [0.29, 0.717) is 29.8 Å². The summed E-state index contributed by atoms with van der Waals surface area (Å²) >= 11 is 0. The summed E-state index contributed by atoms with van der Waals surface area (Å²) in [6.45, 7) is 0.763. The van der Waals surface area contributed by atoms with Crippen molar-refractivity contribution in [2.45, 2.75) is 19.0 Å². The maximum absolute atomic E-state index is 13.1. The van der Waals surface area contributed by atoms with Crippen LogP contribution in [0.25, 0.3) is 5.76 Å². The molecule has 1 aliphatic heterocycles. The zero-order valence-corrected chi connectivity index (χ0v) is 18.3. The number of hydrogen-bond acceptors (Lipinski definition) is 7. The minimum absolute atomic E-state index is 0.113. The van der Waals surface area contributed by atoms with Gasteiger partial charge in [0.2, 0.25) is 0 Å². The van der Waals surface area contributed by atoms with Gasteiger partial charge in [0, 0.05) is 43.2 Å². The van der Waals surface area contributed by atoms with Gasteiger partial charge < -0.3 is 19.3 Å². The SMILES string of the molecule is COc1ccc(C(O)=C2C(=O)C(=O)N(CCCn3ccnc3)C2c2cccc([N+](=O)[O-])c2)cc1. The predicted octanol–water partition coefficient (Wildman–Crippen LogP) is 3.31. The molecule has 1 saturated heterocycles. The molecule has 0 spiro atoms. The second-order valence-corrected chi connectivity index (χ2v) is 7.73. The number of hydrogen-bond donors (Lipinski definition) is 1. The number of aliphatic hydroxyl groups is 1. The Kier molecular flexibility index (Phi) is 6.39. The summed E-state index contributed by atoms with van der Waals surface area (Å²) in [4.78, 5) is 42.2. The number of nitrogens with zero attached hydrogens (tertiary/aromatic N) is 4. The number of carbonyl (C=O) groups is 2. The summed E-state index contributed by atoms with van der Waals surface area (Å²) in [6, 6.07) is 11.2. The molecule has 0 aliphatic carbocycles. The second kappa shape index (κ2) is 9.57. The summed E-state index contributed by atoms with van der Waals surface area (Å²) < 4.78 is 6.98. The van der Waals surface area contributed by atoms with Crippen molar-refractivity contribution in [1.82, 2.24) is 14.5 Å². The van der Waals surface area contributed by atoms with Gasteiger partial charge in [0.15, 0.2) is 0 Å². The molecule has 2 aromatic carbocycles. The molecule has 1 atom stereocenters. The quantitative estimate of drug-likeness (QED) is 0.179. The number of ketones is 1. The molecule has 1 unspecified atom stereocenters. The topological polar surface area (TPSA) is 128 Å². The molecule has 2 heterocycles. The van der Waals surface area contributed by atoms with Crippen LogP contribution in [0.2, 0.25) is 0 Å². The number of Topliss-reactive ketones (excluding diaryl/α,β-unsaturated/α-hetero) is 1. The van der Waals surface area contributed by atoms with Gasteiger partial charge in [-0.2, -0.15) is 0 Å². The zero-order chi connectivity index (χ0) is 24.2. The van der Waals surface area contributed by atoms with Crippen molar-refractivity contribution in [3.05, 3.63) is 94.1 Å². The lowest BCUT2D eigenvalue weighted by molar-refractivity contribution is -0.384. The summed E-state index contributed by atoms with van der Waals surface area (Å²) in [5, 5.41) is 22.4. The van der Waals surface area contributed by atoms with Crippen molar-refractivity contribution in [3.63, 3.8) is 0 Å². The molecule has 4 rings (SSSR count). The monoisotopic (exact) mass is 462 g/mol. The number of nitro groups is 1. The number of rotatable bonds is 8. The maximum Gasteiger partial charge on any atom is 0.295 e. The van der Waals surface area contributed by atoms with E-state index in [-0.39, 0.29) is 23.6 Å². The zero-order valence-electron chi connectivity index (χ0n) is 18.3. The fourth-order valence-corrected chi connectivity index (χ4v) is 4.01. The Morgan fingerprint density at radius 2 is 1.94 bits per heavy atom. The second-order valence-electron chi connectivity index (χ2n) is 7.73. The first-order valence-electron chi connectivity index (χ1n) is 10.5. The summed E-state index contributed by atoms with van der Waals surface area (Å²) in [5.74, 6) is -1.40. The van der Waals surface area contributed by atoms with E-state index >= 15 is 0 Å². The number of nitro benzene ring substituents is 1. The van der Waals surface area contributed by atoms with Gasteiger partial charge in [0.25, 0.3) is 17.4 Å². The molecule has 0 bridgehead atoms. The van der Waals surface area contributed by atoms with E-state index in [1.807, 2.05) is 4.57 Å². The molecule has 1 aromatic heterocycles. The number of likely N-dealkylation sites (tertiary alicyclic amines) is 1. The Bertz CT molecular complexity index is 1250. The van der Waals surface area contributed by atoms with Crippen molar-refractivity contribution in [2.75, 3.05) is 13.7 Å². The molecule has 1 fully saturated rings. The lowest BCUT2D eigenvalue weighted by Crippen LogP contribution is -2.31. The van der Waals surface area contributed by atoms with Crippen LogP contribution in [-0.2, 0) is 16.1 Å². The van der Waals surface area contributed by atoms with Gasteiger partial charge in [-0.1, -0.05) is 12.1 Å². The number of amides is 1. The molecule has 1 amide bonds. The third-order valence-corrected chi connectivity index (χ3v) is 5.67. The van der Waals surface area contributed by atoms with Crippen LogP contribution >= 0.6 is 0 Å². The van der Waals surface area contributed by atoms with Gasteiger partial charge in [0.1, 0.15) is 11.5 Å². The lowest BCUT2D eigenvalue weighted by atomic mass is 9.95. The first kappa shape index (κ1) is 22.7. The number of aryl methyl sites for hydroxylation is 1. The van der Waals surface area contributed by atoms with Crippen molar-refractivity contribution in [1.29, 1.82) is 0 Å². The van der Waals surface area contributed by atoms with Gasteiger partial charge in [-0.05, 0) is 36.2 Å². The third-order valence-electron chi connectivity index (χ3n) is 5.67. The Labute approximate surface area is 194 Å². The molecular weight excluding hydrogens is 440 g/mol. The fourth-order valence-electron chi connectivity index (χ4n) is 4.01. The number of ether oxygens (including phenoxy) is 1. The smallest absolute Gasteiger partial charge is 0.295 e. The average Bonchev–Trinajstić information content (AvgIpc) is 3.46. The van der Waals surface area contributed by atoms with Crippen LogP contribution in [0, 0.1) is 10.1 Å². The van der Waals surface area contributed by atoms with E-state index in [1.54, 1.807) is 49.1 Å². The van der Waals surface area contributed by atoms with E-state index in [2.05, 4.69) is 4.98 Å². The van der Waals surface area contributed by atoms with Gasteiger partial charge in [-0.25, -0.2) is 4.98 Å². The van der Waals surface area contributed by atoms with Crippen LogP contribution in [0.1, 0.15) is 23.6 Å². The first-order chi connectivity index (χ1) is 16.4. The number of carbonyl (C=O) groups excluding carboxylic acids is 2. The minimum atomic E-state index is -0.968. The molecule has 34 heavy (non-hydrogen) atoms. The van der Waals surface area contributed by atoms with Gasteiger partial charge in [-0.15, -0.1) is 0 Å². The van der Waals surface area contributed by atoms with E-state index in [0.717, 1.165) is 0 Å². The third kappa shape index (κ3) is 4.38. The highest BCUT2D eigenvalue weighted by atomic mass is 16.6. The largest absolute Gasteiger partial charge is 0.507 e. The number of imidazole rings is 1. The van der Waals surface area contributed by atoms with Crippen LogP contribution in [0.5, 0.6) is 5.75 Å². The number of methoxy groups -OCH3 is 1. The Morgan fingerprint density at radius 1 is 1.18 bits per heavy atom. The van der Waals surface area contributed by atoms with Crippen LogP contribution in [0.4, 0.5) is 5.69 Å². The van der Waals surface area contributed by atoms with Crippen molar-refractivity contribution < 1.29 is 24.4 Å². The highest BCUT2D eigenvalue weighted by molar-refractivity contribution is 6.46. The molecule has 10 nitrogen and oxygen atoms in total. The minimum Gasteiger partial charge on any atom is -0.507 e. The highest BCUT2D eigenvalue weighted by Crippen LogP contribution is 2.40. The number of aromatic nitrogens is 2. The maximum atomic E-state index is 13.1. The van der Waals surface area contributed by atoms with Crippen LogP contribution in [0.3, 0.4) is 0 Å². The molecule has 0 radical (unpaired) electrons. The molecule has 1 aliphatic rings. The molecular formula is C24H22N4O6. The normalized spacial score (nSPS) is 17.2. The van der Waals surface area contributed by atoms with E-state index in [4.69, 9.17) is 4.74 Å². The van der Waals surface area contributed by atoms with Gasteiger partial charge in [-0.3, -0.25) is 19.7 Å². The first-order valence-corrected chi connectivity index (χ1v) is 10.5. The average molecular weight is 462 g/mol. The van der Waals surface area contributed by atoms with Crippen molar-refractivity contribution >= 4 is 23.1 Å². The van der Waals surface area contributed by atoms with E-state index in [9.17, 15) is 24.8 Å². The molecule has 174 valence electrons. The molecule has 3 aromatic rings.